The minimum absolute atomic E-state index is 0.00149. The standard InChI is InChI=1S/C13H23NO4/c1-9(2)18-7-3-4-12(15)14-11-6-5-10(8-11)13(16)17/h9-11H,3-8H2,1-2H3,(H,14,15)(H,16,17)/t10-,11+/m0/s1. The van der Waals surface area contributed by atoms with Crippen LogP contribution in [0.5, 0.6) is 0 Å². The quantitative estimate of drug-likeness (QED) is 0.679. The van der Waals surface area contributed by atoms with Gasteiger partial charge in [0.15, 0.2) is 0 Å². The van der Waals surface area contributed by atoms with E-state index in [2.05, 4.69) is 5.32 Å². The zero-order chi connectivity index (χ0) is 13.5. The molecule has 0 aromatic rings. The largest absolute Gasteiger partial charge is 0.481 e. The lowest BCUT2D eigenvalue weighted by Gasteiger charge is -2.12. The van der Waals surface area contributed by atoms with Crippen molar-refractivity contribution in [2.45, 2.75) is 58.1 Å². The van der Waals surface area contributed by atoms with Crippen molar-refractivity contribution in [3.8, 4) is 0 Å². The lowest BCUT2D eigenvalue weighted by atomic mass is 10.1. The van der Waals surface area contributed by atoms with Gasteiger partial charge in [-0.1, -0.05) is 0 Å². The number of carbonyl (C=O) groups is 2. The van der Waals surface area contributed by atoms with Crippen molar-refractivity contribution in [1.82, 2.24) is 5.32 Å². The van der Waals surface area contributed by atoms with Crippen molar-refractivity contribution in [3.05, 3.63) is 0 Å². The number of hydrogen-bond acceptors (Lipinski definition) is 3. The number of amides is 1. The molecule has 1 aliphatic carbocycles. The molecule has 0 spiro atoms. The molecule has 104 valence electrons. The number of carbonyl (C=O) groups excluding carboxylic acids is 1. The highest BCUT2D eigenvalue weighted by Crippen LogP contribution is 2.25. The fraction of sp³-hybridized carbons (Fsp3) is 0.846. The maximum absolute atomic E-state index is 11.6. The second-order valence-corrected chi connectivity index (χ2v) is 5.14. The predicted molar refractivity (Wildman–Crippen MR) is 67.2 cm³/mol. The molecular weight excluding hydrogens is 234 g/mol. The van der Waals surface area contributed by atoms with Crippen LogP contribution in [0.25, 0.3) is 0 Å². The van der Waals surface area contributed by atoms with Crippen LogP contribution in [0.3, 0.4) is 0 Å². The van der Waals surface area contributed by atoms with Crippen molar-refractivity contribution in [2.75, 3.05) is 6.61 Å². The molecule has 1 rings (SSSR count). The maximum Gasteiger partial charge on any atom is 0.306 e. The summed E-state index contributed by atoms with van der Waals surface area (Å²) in [6, 6.07) is 0.0321. The van der Waals surface area contributed by atoms with E-state index in [-0.39, 0.29) is 24.0 Å². The second-order valence-electron chi connectivity index (χ2n) is 5.14. The van der Waals surface area contributed by atoms with E-state index in [0.717, 1.165) is 6.42 Å². The summed E-state index contributed by atoms with van der Waals surface area (Å²) in [6.07, 6.45) is 3.34. The molecule has 5 heteroatoms. The molecule has 1 amide bonds. The lowest BCUT2D eigenvalue weighted by Crippen LogP contribution is -2.33. The molecule has 0 heterocycles. The predicted octanol–water partition coefficient (Wildman–Crippen LogP) is 1.56. The summed E-state index contributed by atoms with van der Waals surface area (Å²) in [6.45, 7) is 4.52. The van der Waals surface area contributed by atoms with E-state index in [1.165, 1.54) is 0 Å². The van der Waals surface area contributed by atoms with Gasteiger partial charge in [-0.3, -0.25) is 9.59 Å². The molecule has 5 nitrogen and oxygen atoms in total. The van der Waals surface area contributed by atoms with Gasteiger partial charge in [0.1, 0.15) is 0 Å². The van der Waals surface area contributed by atoms with Crippen molar-refractivity contribution >= 4 is 11.9 Å². The van der Waals surface area contributed by atoms with Gasteiger partial charge < -0.3 is 15.2 Å². The van der Waals surface area contributed by atoms with Gasteiger partial charge in [0, 0.05) is 19.1 Å². The van der Waals surface area contributed by atoms with Crippen LogP contribution >= 0.6 is 0 Å². The number of ether oxygens (including phenoxy) is 1. The molecule has 2 N–H and O–H groups in total. The summed E-state index contributed by atoms with van der Waals surface area (Å²) in [4.78, 5) is 22.4. The highest BCUT2D eigenvalue weighted by molar-refractivity contribution is 5.76. The Bertz CT molecular complexity index is 291. The van der Waals surface area contributed by atoms with Crippen LogP contribution in [0.2, 0.25) is 0 Å². The minimum atomic E-state index is -0.753. The molecule has 0 aliphatic heterocycles. The first-order valence-corrected chi connectivity index (χ1v) is 6.62. The van der Waals surface area contributed by atoms with Gasteiger partial charge >= 0.3 is 5.97 Å². The van der Waals surface area contributed by atoms with E-state index in [4.69, 9.17) is 9.84 Å². The molecule has 0 unspecified atom stereocenters. The SMILES string of the molecule is CC(C)OCCCC(=O)N[C@@H]1CC[C@H](C(=O)O)C1. The van der Waals surface area contributed by atoms with Gasteiger partial charge in [-0.25, -0.2) is 0 Å². The van der Waals surface area contributed by atoms with Crippen LogP contribution in [-0.2, 0) is 14.3 Å². The molecule has 0 aromatic heterocycles. The molecule has 1 fully saturated rings. The Hall–Kier alpha value is -1.10. The van der Waals surface area contributed by atoms with Crippen molar-refractivity contribution in [2.24, 2.45) is 5.92 Å². The number of carboxylic acid groups (broad SMARTS) is 1. The smallest absolute Gasteiger partial charge is 0.306 e. The average Bonchev–Trinajstić information content (AvgIpc) is 2.72. The molecule has 1 aliphatic rings. The summed E-state index contributed by atoms with van der Waals surface area (Å²) < 4.78 is 5.35. The van der Waals surface area contributed by atoms with E-state index in [1.54, 1.807) is 0 Å². The van der Waals surface area contributed by atoms with E-state index in [9.17, 15) is 9.59 Å². The molecular formula is C13H23NO4. The summed E-state index contributed by atoms with van der Waals surface area (Å²) in [7, 11) is 0. The van der Waals surface area contributed by atoms with Crippen LogP contribution in [0.15, 0.2) is 0 Å². The monoisotopic (exact) mass is 257 g/mol. The topological polar surface area (TPSA) is 75.6 Å². The Morgan fingerprint density at radius 3 is 2.67 bits per heavy atom. The highest BCUT2D eigenvalue weighted by atomic mass is 16.5. The third-order valence-electron chi connectivity index (χ3n) is 3.15. The molecule has 0 radical (unpaired) electrons. The van der Waals surface area contributed by atoms with Crippen molar-refractivity contribution < 1.29 is 19.4 Å². The van der Waals surface area contributed by atoms with Crippen molar-refractivity contribution in [1.29, 1.82) is 0 Å². The molecule has 2 atom stereocenters. The van der Waals surface area contributed by atoms with E-state index < -0.39 is 5.97 Å². The maximum atomic E-state index is 11.6. The van der Waals surface area contributed by atoms with E-state index in [0.29, 0.717) is 32.3 Å². The van der Waals surface area contributed by atoms with Gasteiger partial charge in [0.2, 0.25) is 5.91 Å². The molecule has 0 saturated heterocycles. The highest BCUT2D eigenvalue weighted by Gasteiger charge is 2.30. The normalized spacial score (nSPS) is 23.3. The van der Waals surface area contributed by atoms with Gasteiger partial charge in [-0.2, -0.15) is 0 Å². The molecule has 18 heavy (non-hydrogen) atoms. The van der Waals surface area contributed by atoms with Gasteiger partial charge in [0.25, 0.3) is 0 Å². The number of rotatable bonds is 7. The third-order valence-corrected chi connectivity index (χ3v) is 3.15. The zero-order valence-corrected chi connectivity index (χ0v) is 11.1. The van der Waals surface area contributed by atoms with E-state index >= 15 is 0 Å². The summed E-state index contributed by atoms with van der Waals surface area (Å²) in [5, 5.41) is 11.8. The van der Waals surface area contributed by atoms with Crippen LogP contribution in [0.1, 0.15) is 46.0 Å². The first kappa shape index (κ1) is 15.0. The first-order chi connectivity index (χ1) is 8.49. The molecule has 0 aromatic carbocycles. The number of nitrogens with one attached hydrogen (secondary N) is 1. The summed E-state index contributed by atoms with van der Waals surface area (Å²) >= 11 is 0. The summed E-state index contributed by atoms with van der Waals surface area (Å²) in [5.74, 6) is -1.05. The van der Waals surface area contributed by atoms with Crippen LogP contribution in [0.4, 0.5) is 0 Å². The summed E-state index contributed by atoms with van der Waals surface area (Å²) in [5.41, 5.74) is 0. The van der Waals surface area contributed by atoms with Gasteiger partial charge in [0.05, 0.1) is 12.0 Å². The number of carboxylic acids is 1. The van der Waals surface area contributed by atoms with Gasteiger partial charge in [-0.15, -0.1) is 0 Å². The Morgan fingerprint density at radius 1 is 1.39 bits per heavy atom. The van der Waals surface area contributed by atoms with Crippen molar-refractivity contribution in [3.63, 3.8) is 0 Å². The van der Waals surface area contributed by atoms with Crippen LogP contribution < -0.4 is 5.32 Å². The minimum Gasteiger partial charge on any atom is -0.481 e. The Kier molecular flexibility index (Phi) is 6.12. The Balaban J connectivity index is 2.12. The Morgan fingerprint density at radius 2 is 2.11 bits per heavy atom. The van der Waals surface area contributed by atoms with Gasteiger partial charge in [-0.05, 0) is 39.5 Å². The second kappa shape index (κ2) is 7.36. The fourth-order valence-corrected chi connectivity index (χ4v) is 2.19. The third kappa shape index (κ3) is 5.49. The molecule has 1 saturated carbocycles. The number of aliphatic carboxylic acids is 1. The molecule has 0 bridgehead atoms. The number of hydrogen-bond donors (Lipinski definition) is 2. The van der Waals surface area contributed by atoms with Crippen LogP contribution in [0, 0.1) is 5.92 Å². The van der Waals surface area contributed by atoms with E-state index in [1.807, 2.05) is 13.8 Å². The Labute approximate surface area is 108 Å². The lowest BCUT2D eigenvalue weighted by molar-refractivity contribution is -0.141. The fourth-order valence-electron chi connectivity index (χ4n) is 2.19. The first-order valence-electron chi connectivity index (χ1n) is 6.62. The average molecular weight is 257 g/mol. The zero-order valence-electron chi connectivity index (χ0n) is 11.1. The van der Waals surface area contributed by atoms with Crippen LogP contribution in [-0.4, -0.2) is 35.7 Å².